The number of nitrogens with one attached hydrogen (secondary N) is 2. The molecule has 0 unspecified atom stereocenters. The predicted molar refractivity (Wildman–Crippen MR) is 97.7 cm³/mol. The van der Waals surface area contributed by atoms with E-state index in [1.54, 1.807) is 24.5 Å². The summed E-state index contributed by atoms with van der Waals surface area (Å²) in [5, 5.41) is 12.8. The van der Waals surface area contributed by atoms with Crippen molar-refractivity contribution in [2.75, 3.05) is 7.11 Å². The standard InChI is InChI=1S/C16H13BrN4O2S/c1-23-14-5-4-11(17)7-10(14)9-18-21-16(22)13-8-12(19-20-13)15-3-2-6-24-15/h2-9H,1H3,(H,19,20)(H,21,22). The number of amides is 1. The molecular formula is C16H13BrN4O2S. The largest absolute Gasteiger partial charge is 0.496 e. The molecule has 6 nitrogen and oxygen atoms in total. The van der Waals surface area contributed by atoms with Crippen LogP contribution in [0.15, 0.2) is 51.4 Å². The minimum Gasteiger partial charge on any atom is -0.496 e. The molecule has 24 heavy (non-hydrogen) atoms. The molecule has 1 amide bonds. The zero-order valence-electron chi connectivity index (χ0n) is 12.6. The van der Waals surface area contributed by atoms with Crippen LogP contribution in [0.4, 0.5) is 0 Å². The minimum atomic E-state index is -0.390. The summed E-state index contributed by atoms with van der Waals surface area (Å²) in [7, 11) is 1.58. The molecule has 0 aliphatic heterocycles. The van der Waals surface area contributed by atoms with Crippen molar-refractivity contribution in [2.24, 2.45) is 5.10 Å². The highest BCUT2D eigenvalue weighted by Crippen LogP contribution is 2.23. The molecule has 1 aromatic carbocycles. The smallest absolute Gasteiger partial charge is 0.291 e. The molecule has 0 fully saturated rings. The van der Waals surface area contributed by atoms with Crippen LogP contribution in [0.3, 0.4) is 0 Å². The third-order valence-electron chi connectivity index (χ3n) is 3.16. The molecule has 0 aliphatic rings. The number of rotatable bonds is 5. The number of thiophene rings is 1. The zero-order valence-corrected chi connectivity index (χ0v) is 15.0. The second kappa shape index (κ2) is 7.41. The van der Waals surface area contributed by atoms with E-state index in [1.165, 1.54) is 6.21 Å². The highest BCUT2D eigenvalue weighted by molar-refractivity contribution is 9.10. The number of hydrogen-bond donors (Lipinski definition) is 2. The van der Waals surface area contributed by atoms with Gasteiger partial charge in [-0.05, 0) is 35.7 Å². The molecular weight excluding hydrogens is 392 g/mol. The monoisotopic (exact) mass is 404 g/mol. The molecule has 0 radical (unpaired) electrons. The third kappa shape index (κ3) is 3.72. The molecule has 3 rings (SSSR count). The average molecular weight is 405 g/mol. The lowest BCUT2D eigenvalue weighted by molar-refractivity contribution is 0.0950. The first-order valence-electron chi connectivity index (χ1n) is 6.93. The number of hydrazone groups is 1. The molecule has 0 saturated heterocycles. The van der Waals surface area contributed by atoms with Gasteiger partial charge in [-0.1, -0.05) is 22.0 Å². The normalized spacial score (nSPS) is 10.9. The summed E-state index contributed by atoms with van der Waals surface area (Å²) >= 11 is 4.96. The van der Waals surface area contributed by atoms with E-state index in [0.29, 0.717) is 5.75 Å². The molecule has 2 heterocycles. The van der Waals surface area contributed by atoms with Gasteiger partial charge in [0, 0.05) is 10.0 Å². The van der Waals surface area contributed by atoms with Crippen LogP contribution in [0.2, 0.25) is 0 Å². The maximum absolute atomic E-state index is 12.1. The molecule has 0 aliphatic carbocycles. The summed E-state index contributed by atoms with van der Waals surface area (Å²) in [6.45, 7) is 0. The third-order valence-corrected chi connectivity index (χ3v) is 4.56. The number of aromatic nitrogens is 2. The Morgan fingerprint density at radius 2 is 2.29 bits per heavy atom. The molecule has 3 aromatic rings. The fraction of sp³-hybridized carbons (Fsp3) is 0.0625. The van der Waals surface area contributed by atoms with Crippen molar-refractivity contribution in [3.63, 3.8) is 0 Å². The first-order chi connectivity index (χ1) is 11.7. The number of hydrogen-bond acceptors (Lipinski definition) is 5. The van der Waals surface area contributed by atoms with Crippen LogP contribution in [0.25, 0.3) is 10.6 Å². The van der Waals surface area contributed by atoms with Crippen LogP contribution in [-0.4, -0.2) is 29.4 Å². The number of aromatic amines is 1. The van der Waals surface area contributed by atoms with Gasteiger partial charge < -0.3 is 4.74 Å². The Bertz CT molecular complexity index is 874. The second-order valence-corrected chi connectivity index (χ2v) is 6.59. The minimum absolute atomic E-state index is 0.275. The van der Waals surface area contributed by atoms with E-state index in [1.807, 2.05) is 35.7 Å². The molecule has 0 atom stereocenters. The first kappa shape index (κ1) is 16.4. The molecule has 2 N–H and O–H groups in total. The van der Waals surface area contributed by atoms with E-state index >= 15 is 0 Å². The van der Waals surface area contributed by atoms with E-state index in [4.69, 9.17) is 4.74 Å². The van der Waals surface area contributed by atoms with Gasteiger partial charge in [0.15, 0.2) is 5.69 Å². The summed E-state index contributed by atoms with van der Waals surface area (Å²) in [4.78, 5) is 13.1. The lowest BCUT2D eigenvalue weighted by Crippen LogP contribution is -2.18. The Hall–Kier alpha value is -2.45. The number of carbonyl (C=O) groups is 1. The van der Waals surface area contributed by atoms with Crippen LogP contribution >= 0.6 is 27.3 Å². The molecule has 0 bridgehead atoms. The van der Waals surface area contributed by atoms with Crippen molar-refractivity contribution in [3.05, 3.63) is 57.5 Å². The van der Waals surface area contributed by atoms with Crippen LogP contribution in [0.1, 0.15) is 16.1 Å². The maximum Gasteiger partial charge on any atom is 0.291 e. The second-order valence-electron chi connectivity index (χ2n) is 4.73. The Morgan fingerprint density at radius 3 is 3.04 bits per heavy atom. The lowest BCUT2D eigenvalue weighted by atomic mass is 10.2. The van der Waals surface area contributed by atoms with E-state index in [-0.39, 0.29) is 11.6 Å². The van der Waals surface area contributed by atoms with Crippen LogP contribution in [0.5, 0.6) is 5.75 Å². The summed E-state index contributed by atoms with van der Waals surface area (Å²) in [5.74, 6) is 0.273. The summed E-state index contributed by atoms with van der Waals surface area (Å²) in [6, 6.07) is 11.1. The van der Waals surface area contributed by atoms with Crippen LogP contribution < -0.4 is 10.2 Å². The Morgan fingerprint density at radius 1 is 1.42 bits per heavy atom. The van der Waals surface area contributed by atoms with Crippen molar-refractivity contribution >= 4 is 39.4 Å². The fourth-order valence-electron chi connectivity index (χ4n) is 2.02. The van der Waals surface area contributed by atoms with Gasteiger partial charge in [0.05, 0.1) is 23.9 Å². The van der Waals surface area contributed by atoms with Gasteiger partial charge in [0.2, 0.25) is 0 Å². The quantitative estimate of drug-likeness (QED) is 0.502. The van der Waals surface area contributed by atoms with E-state index < -0.39 is 0 Å². The Balaban J connectivity index is 1.69. The van der Waals surface area contributed by atoms with Crippen molar-refractivity contribution in [1.29, 1.82) is 0 Å². The number of H-pyrrole nitrogens is 1. The zero-order chi connectivity index (χ0) is 16.9. The maximum atomic E-state index is 12.1. The number of carbonyl (C=O) groups excluding carboxylic acids is 1. The number of methoxy groups -OCH3 is 1. The first-order valence-corrected chi connectivity index (χ1v) is 8.61. The number of ether oxygens (including phenoxy) is 1. The Labute approximate surface area is 150 Å². The number of benzene rings is 1. The fourth-order valence-corrected chi connectivity index (χ4v) is 3.09. The highest BCUT2D eigenvalue weighted by Gasteiger charge is 2.11. The van der Waals surface area contributed by atoms with Crippen LogP contribution in [0, 0.1) is 0 Å². The van der Waals surface area contributed by atoms with Gasteiger partial charge in [-0.15, -0.1) is 11.3 Å². The molecule has 2 aromatic heterocycles. The molecule has 122 valence electrons. The molecule has 8 heteroatoms. The van der Waals surface area contributed by atoms with Crippen molar-refractivity contribution in [2.45, 2.75) is 0 Å². The van der Waals surface area contributed by atoms with Crippen LogP contribution in [-0.2, 0) is 0 Å². The van der Waals surface area contributed by atoms with Gasteiger partial charge in [-0.25, -0.2) is 5.43 Å². The lowest BCUT2D eigenvalue weighted by Gasteiger charge is -2.04. The molecule has 0 spiro atoms. The number of nitrogens with zero attached hydrogens (tertiary/aromatic N) is 2. The average Bonchev–Trinajstić information content (AvgIpc) is 3.26. The SMILES string of the molecule is COc1ccc(Br)cc1C=NNC(=O)c1cc(-c2cccs2)[nH]n1. The summed E-state index contributed by atoms with van der Waals surface area (Å²) in [6.07, 6.45) is 1.52. The Kier molecular flexibility index (Phi) is 5.07. The molecule has 0 saturated carbocycles. The van der Waals surface area contributed by atoms with Gasteiger partial charge in [0.1, 0.15) is 5.75 Å². The van der Waals surface area contributed by atoms with Gasteiger partial charge in [0.25, 0.3) is 5.91 Å². The highest BCUT2D eigenvalue weighted by atomic mass is 79.9. The van der Waals surface area contributed by atoms with Gasteiger partial charge >= 0.3 is 0 Å². The summed E-state index contributed by atoms with van der Waals surface area (Å²) < 4.78 is 6.14. The predicted octanol–water partition coefficient (Wildman–Crippen LogP) is 3.67. The summed E-state index contributed by atoms with van der Waals surface area (Å²) in [5.41, 5.74) is 4.27. The van der Waals surface area contributed by atoms with Crippen molar-refractivity contribution < 1.29 is 9.53 Å². The van der Waals surface area contributed by atoms with Crippen molar-refractivity contribution in [3.8, 4) is 16.3 Å². The topological polar surface area (TPSA) is 79.4 Å². The number of halogens is 1. The van der Waals surface area contributed by atoms with Crippen molar-refractivity contribution in [1.82, 2.24) is 15.6 Å². The van der Waals surface area contributed by atoms with E-state index in [9.17, 15) is 4.79 Å². The van der Waals surface area contributed by atoms with Gasteiger partial charge in [-0.2, -0.15) is 10.2 Å². The van der Waals surface area contributed by atoms with E-state index in [2.05, 4.69) is 36.7 Å². The van der Waals surface area contributed by atoms with E-state index in [0.717, 1.165) is 20.6 Å². The van der Waals surface area contributed by atoms with Gasteiger partial charge in [-0.3, -0.25) is 9.89 Å².